The summed E-state index contributed by atoms with van der Waals surface area (Å²) in [6, 6.07) is 3.82. The van der Waals surface area contributed by atoms with E-state index in [2.05, 4.69) is 10.3 Å². The topological polar surface area (TPSA) is 60.2 Å². The van der Waals surface area contributed by atoms with Gasteiger partial charge in [0.05, 0.1) is 11.7 Å². The van der Waals surface area contributed by atoms with Crippen LogP contribution in [0.5, 0.6) is 0 Å². The summed E-state index contributed by atoms with van der Waals surface area (Å²) in [6.07, 6.45) is 3.76. The van der Waals surface area contributed by atoms with Crippen molar-refractivity contribution in [2.45, 2.75) is 32.3 Å². The number of aryl methyl sites for hydroxylation is 1. The van der Waals surface area contributed by atoms with E-state index in [0.29, 0.717) is 4.99 Å². The normalized spacial score (nSPS) is 19.5. The number of anilines is 1. The smallest absolute Gasteiger partial charge is 0.136 e. The Kier molecular flexibility index (Phi) is 4.49. The first-order chi connectivity index (χ1) is 8.66. The quantitative estimate of drug-likeness (QED) is 0.815. The van der Waals surface area contributed by atoms with Gasteiger partial charge in [-0.15, -0.1) is 0 Å². The average Bonchev–Trinajstić information content (AvgIpc) is 2.37. The molecule has 0 spiro atoms. The van der Waals surface area contributed by atoms with Gasteiger partial charge in [0.15, 0.2) is 0 Å². The molecule has 0 amide bonds. The Labute approximate surface area is 113 Å². The molecule has 1 aliphatic rings. The summed E-state index contributed by atoms with van der Waals surface area (Å²) in [5.74, 6) is 0.761. The monoisotopic (exact) mass is 265 g/mol. The van der Waals surface area contributed by atoms with Crippen LogP contribution in [0, 0.1) is 6.92 Å². The Balaban J connectivity index is 2.03. The minimum absolute atomic E-state index is 0.264. The second kappa shape index (κ2) is 6.11. The van der Waals surface area contributed by atoms with E-state index in [-0.39, 0.29) is 6.10 Å². The molecule has 98 valence electrons. The number of hydrogen-bond donors (Lipinski definition) is 2. The minimum Gasteiger partial charge on any atom is -0.389 e. The zero-order valence-electron chi connectivity index (χ0n) is 10.6. The lowest BCUT2D eigenvalue weighted by atomic mass is 10.1. The van der Waals surface area contributed by atoms with Gasteiger partial charge >= 0.3 is 0 Å². The number of nitrogens with one attached hydrogen (secondary N) is 1. The Bertz CT molecular complexity index is 430. The zero-order chi connectivity index (χ0) is 13.0. The van der Waals surface area contributed by atoms with Gasteiger partial charge in [-0.3, -0.25) is 0 Å². The maximum absolute atomic E-state index is 5.69. The van der Waals surface area contributed by atoms with Gasteiger partial charge in [0.1, 0.15) is 10.8 Å². The van der Waals surface area contributed by atoms with E-state index in [1.54, 1.807) is 0 Å². The fourth-order valence-electron chi connectivity index (χ4n) is 2.07. The third kappa shape index (κ3) is 3.40. The van der Waals surface area contributed by atoms with Crippen LogP contribution in [-0.2, 0) is 4.74 Å². The minimum atomic E-state index is 0.264. The molecule has 0 radical (unpaired) electrons. The van der Waals surface area contributed by atoms with Gasteiger partial charge in [0, 0.05) is 18.8 Å². The number of aromatic nitrogens is 1. The molecule has 4 nitrogen and oxygen atoms in total. The number of rotatable bonds is 4. The zero-order valence-corrected chi connectivity index (χ0v) is 11.4. The lowest BCUT2D eigenvalue weighted by molar-refractivity contribution is 0.0247. The fraction of sp³-hybridized carbons (Fsp3) is 0.538. The molecule has 0 bridgehead atoms. The lowest BCUT2D eigenvalue weighted by Gasteiger charge is -2.23. The average molecular weight is 265 g/mol. The van der Waals surface area contributed by atoms with Crippen LogP contribution >= 0.6 is 12.2 Å². The van der Waals surface area contributed by atoms with Gasteiger partial charge in [0.2, 0.25) is 0 Å². The molecule has 5 heteroatoms. The van der Waals surface area contributed by atoms with Crippen molar-refractivity contribution in [1.82, 2.24) is 4.98 Å². The molecule has 1 fully saturated rings. The van der Waals surface area contributed by atoms with Crippen LogP contribution < -0.4 is 11.1 Å². The Morgan fingerprint density at radius 2 is 2.39 bits per heavy atom. The maximum atomic E-state index is 5.69. The van der Waals surface area contributed by atoms with Crippen molar-refractivity contribution in [3.8, 4) is 0 Å². The van der Waals surface area contributed by atoms with Crippen molar-refractivity contribution in [2.24, 2.45) is 5.73 Å². The highest BCUT2D eigenvalue weighted by Gasteiger charge is 2.15. The standard InChI is InChI=1S/C13H19N3OS/c1-9-5-6-11(12(14)18)13(16-9)15-8-10-4-2-3-7-17-10/h5-6,10H,2-4,7-8H2,1H3,(H2,14,18)(H,15,16). The van der Waals surface area contributed by atoms with Gasteiger partial charge in [-0.25, -0.2) is 4.98 Å². The van der Waals surface area contributed by atoms with Crippen molar-refractivity contribution < 1.29 is 4.74 Å². The summed E-state index contributed by atoms with van der Waals surface area (Å²) in [4.78, 5) is 4.81. The van der Waals surface area contributed by atoms with E-state index >= 15 is 0 Å². The third-order valence-electron chi connectivity index (χ3n) is 3.07. The van der Waals surface area contributed by atoms with Crippen LogP contribution in [0.15, 0.2) is 12.1 Å². The summed E-state index contributed by atoms with van der Waals surface area (Å²) in [5, 5.41) is 3.30. The summed E-state index contributed by atoms with van der Waals surface area (Å²) in [7, 11) is 0. The molecule has 2 rings (SSSR count). The molecule has 1 aliphatic heterocycles. The van der Waals surface area contributed by atoms with Crippen molar-refractivity contribution in [2.75, 3.05) is 18.5 Å². The number of hydrogen-bond acceptors (Lipinski definition) is 4. The Hall–Kier alpha value is -1.20. The number of ether oxygens (including phenoxy) is 1. The Morgan fingerprint density at radius 3 is 3.06 bits per heavy atom. The molecule has 3 N–H and O–H groups in total. The third-order valence-corrected chi connectivity index (χ3v) is 3.29. The first-order valence-electron chi connectivity index (χ1n) is 6.30. The van der Waals surface area contributed by atoms with Gasteiger partial charge in [-0.2, -0.15) is 0 Å². The number of thiocarbonyl (C=S) groups is 1. The summed E-state index contributed by atoms with van der Waals surface area (Å²) < 4.78 is 5.68. The van der Waals surface area contributed by atoms with E-state index in [4.69, 9.17) is 22.7 Å². The molecule has 0 saturated carbocycles. The lowest BCUT2D eigenvalue weighted by Crippen LogP contribution is -2.28. The maximum Gasteiger partial charge on any atom is 0.136 e. The summed E-state index contributed by atoms with van der Waals surface area (Å²) in [5.41, 5.74) is 7.44. The van der Waals surface area contributed by atoms with E-state index in [9.17, 15) is 0 Å². The molecule has 1 saturated heterocycles. The van der Waals surface area contributed by atoms with Crippen molar-refractivity contribution in [1.29, 1.82) is 0 Å². The molecule has 0 aromatic carbocycles. The van der Waals surface area contributed by atoms with Crippen molar-refractivity contribution in [3.05, 3.63) is 23.4 Å². The van der Waals surface area contributed by atoms with E-state index in [1.165, 1.54) is 6.42 Å². The van der Waals surface area contributed by atoms with Crippen LogP contribution in [0.1, 0.15) is 30.5 Å². The van der Waals surface area contributed by atoms with E-state index in [1.807, 2.05) is 19.1 Å². The van der Waals surface area contributed by atoms with Crippen LogP contribution in [0.25, 0.3) is 0 Å². The largest absolute Gasteiger partial charge is 0.389 e. The highest BCUT2D eigenvalue weighted by Crippen LogP contribution is 2.16. The van der Waals surface area contributed by atoms with Gasteiger partial charge < -0.3 is 15.8 Å². The molecular weight excluding hydrogens is 246 g/mol. The number of nitrogens with zero attached hydrogens (tertiary/aromatic N) is 1. The fourth-order valence-corrected chi connectivity index (χ4v) is 2.23. The van der Waals surface area contributed by atoms with Crippen LogP contribution in [0.4, 0.5) is 5.82 Å². The summed E-state index contributed by atoms with van der Waals surface area (Å²) in [6.45, 7) is 3.56. The highest BCUT2D eigenvalue weighted by molar-refractivity contribution is 7.80. The molecular formula is C13H19N3OS. The van der Waals surface area contributed by atoms with Crippen molar-refractivity contribution >= 4 is 23.0 Å². The predicted octanol–water partition coefficient (Wildman–Crippen LogP) is 2.01. The molecule has 1 atom stereocenters. The molecule has 1 aromatic rings. The highest BCUT2D eigenvalue weighted by atomic mass is 32.1. The van der Waals surface area contributed by atoms with Crippen LogP contribution in [-0.4, -0.2) is 29.2 Å². The SMILES string of the molecule is Cc1ccc(C(N)=S)c(NCC2CCCCO2)n1. The van der Waals surface area contributed by atoms with Gasteiger partial charge in [-0.1, -0.05) is 12.2 Å². The first kappa shape index (κ1) is 13.2. The molecule has 0 aliphatic carbocycles. The molecule has 2 heterocycles. The van der Waals surface area contributed by atoms with Crippen molar-refractivity contribution in [3.63, 3.8) is 0 Å². The first-order valence-corrected chi connectivity index (χ1v) is 6.70. The molecule has 1 unspecified atom stereocenters. The second-order valence-corrected chi connectivity index (χ2v) is 5.02. The van der Waals surface area contributed by atoms with Crippen LogP contribution in [0.2, 0.25) is 0 Å². The van der Waals surface area contributed by atoms with E-state index < -0.39 is 0 Å². The predicted molar refractivity (Wildman–Crippen MR) is 76.9 cm³/mol. The Morgan fingerprint density at radius 1 is 1.56 bits per heavy atom. The van der Waals surface area contributed by atoms with Gasteiger partial charge in [-0.05, 0) is 38.3 Å². The molecule has 1 aromatic heterocycles. The van der Waals surface area contributed by atoms with E-state index in [0.717, 1.165) is 43.1 Å². The number of nitrogens with two attached hydrogens (primary N) is 1. The molecule has 18 heavy (non-hydrogen) atoms. The van der Waals surface area contributed by atoms with Gasteiger partial charge in [0.25, 0.3) is 0 Å². The summed E-state index contributed by atoms with van der Waals surface area (Å²) >= 11 is 5.03. The number of pyridine rings is 1. The second-order valence-electron chi connectivity index (χ2n) is 4.58. The van der Waals surface area contributed by atoms with Crippen LogP contribution in [0.3, 0.4) is 0 Å².